The van der Waals surface area contributed by atoms with Gasteiger partial charge in [-0.25, -0.2) is 9.37 Å². The summed E-state index contributed by atoms with van der Waals surface area (Å²) in [7, 11) is 0. The molecule has 0 amide bonds. The van der Waals surface area contributed by atoms with E-state index < -0.39 is 0 Å². The zero-order valence-corrected chi connectivity index (χ0v) is 17.1. The van der Waals surface area contributed by atoms with Crippen molar-refractivity contribution < 1.29 is 4.39 Å². The number of halogens is 2. The fourth-order valence-corrected chi connectivity index (χ4v) is 3.85. The zero-order chi connectivity index (χ0) is 21.4. The van der Waals surface area contributed by atoms with E-state index in [-0.39, 0.29) is 5.82 Å². The van der Waals surface area contributed by atoms with Crippen molar-refractivity contribution in [3.8, 4) is 6.07 Å². The van der Waals surface area contributed by atoms with Gasteiger partial charge in [0.25, 0.3) is 0 Å². The van der Waals surface area contributed by atoms with Gasteiger partial charge < -0.3 is 9.55 Å². The predicted molar refractivity (Wildman–Crippen MR) is 122 cm³/mol. The maximum atomic E-state index is 13.5. The Bertz CT molecular complexity index is 1490. The summed E-state index contributed by atoms with van der Waals surface area (Å²) in [5.74, 6) is 0.0630. The predicted octanol–water partition coefficient (Wildman–Crippen LogP) is 6.42. The first-order chi connectivity index (χ1) is 15.1. The molecule has 0 saturated carbocycles. The number of fused-ring (bicyclic) bond motifs is 2. The van der Waals surface area contributed by atoms with Gasteiger partial charge in [-0.2, -0.15) is 5.26 Å². The second-order valence-corrected chi connectivity index (χ2v) is 7.71. The van der Waals surface area contributed by atoms with Crippen LogP contribution in [0.15, 0.2) is 72.9 Å². The summed E-state index contributed by atoms with van der Waals surface area (Å²) in [6.07, 6.45) is 3.84. The highest BCUT2D eigenvalue weighted by atomic mass is 35.5. The Kier molecular flexibility index (Phi) is 4.78. The summed E-state index contributed by atoms with van der Waals surface area (Å²) < 4.78 is 15.7. The molecule has 0 spiro atoms. The van der Waals surface area contributed by atoms with Crippen LogP contribution in [0.3, 0.4) is 0 Å². The van der Waals surface area contributed by atoms with Crippen molar-refractivity contribution in [2.24, 2.45) is 0 Å². The van der Waals surface area contributed by atoms with Gasteiger partial charge in [0.1, 0.15) is 17.7 Å². The SMILES string of the molecule is N#C/C(=C/c1cn(Cc2ccc(Cl)cc2)c2ccccc12)c1nc2ccc(F)cc2[nH]1. The lowest BCUT2D eigenvalue weighted by molar-refractivity contribution is 0.629. The number of allylic oxidation sites excluding steroid dienone is 1. The van der Waals surface area contributed by atoms with Crippen molar-refractivity contribution in [3.63, 3.8) is 0 Å². The first-order valence-corrected chi connectivity index (χ1v) is 10.1. The molecule has 4 nitrogen and oxygen atoms in total. The third kappa shape index (κ3) is 3.70. The molecule has 0 aliphatic carbocycles. The first kappa shape index (κ1) is 19.1. The van der Waals surface area contributed by atoms with Crippen molar-refractivity contribution in [1.82, 2.24) is 14.5 Å². The van der Waals surface area contributed by atoms with E-state index in [1.54, 1.807) is 6.07 Å². The number of rotatable bonds is 4. The monoisotopic (exact) mass is 426 g/mol. The van der Waals surface area contributed by atoms with Crippen molar-refractivity contribution in [2.75, 3.05) is 0 Å². The van der Waals surface area contributed by atoms with Gasteiger partial charge in [0.05, 0.1) is 16.6 Å². The van der Waals surface area contributed by atoms with Crippen LogP contribution in [-0.4, -0.2) is 14.5 Å². The molecule has 5 aromatic rings. The van der Waals surface area contributed by atoms with Crippen molar-refractivity contribution in [3.05, 3.63) is 101 Å². The van der Waals surface area contributed by atoms with E-state index >= 15 is 0 Å². The highest BCUT2D eigenvalue weighted by molar-refractivity contribution is 6.30. The van der Waals surface area contributed by atoms with E-state index in [0.717, 1.165) is 22.0 Å². The second-order valence-electron chi connectivity index (χ2n) is 7.27. The summed E-state index contributed by atoms with van der Waals surface area (Å²) in [6, 6.07) is 22.4. The Morgan fingerprint density at radius 1 is 1.13 bits per heavy atom. The Balaban J connectivity index is 1.59. The summed E-state index contributed by atoms with van der Waals surface area (Å²) in [5, 5.41) is 11.5. The van der Waals surface area contributed by atoms with Gasteiger partial charge >= 0.3 is 0 Å². The molecule has 0 aliphatic rings. The lowest BCUT2D eigenvalue weighted by Crippen LogP contribution is -1.97. The smallest absolute Gasteiger partial charge is 0.149 e. The number of hydrogen-bond acceptors (Lipinski definition) is 2. The molecule has 0 unspecified atom stereocenters. The van der Waals surface area contributed by atoms with Crippen LogP contribution < -0.4 is 0 Å². The Morgan fingerprint density at radius 2 is 1.94 bits per heavy atom. The standard InChI is InChI=1S/C25H16ClFN4/c26-19-7-5-16(6-8-19)14-31-15-18(21-3-1-2-4-24(21)31)11-17(13-28)25-29-22-10-9-20(27)12-23(22)30-25/h1-12,15H,14H2,(H,29,30)/b17-11-. The van der Waals surface area contributed by atoms with Crippen molar-refractivity contribution in [2.45, 2.75) is 6.54 Å². The van der Waals surface area contributed by atoms with Gasteiger partial charge in [0.15, 0.2) is 0 Å². The zero-order valence-electron chi connectivity index (χ0n) is 16.3. The molecule has 31 heavy (non-hydrogen) atoms. The van der Waals surface area contributed by atoms with Gasteiger partial charge in [-0.3, -0.25) is 0 Å². The summed E-state index contributed by atoms with van der Waals surface area (Å²) in [5.41, 5.74) is 4.65. The van der Waals surface area contributed by atoms with E-state index in [1.165, 1.54) is 12.1 Å². The van der Waals surface area contributed by atoms with Crippen LogP contribution in [0.4, 0.5) is 4.39 Å². The Hall–Kier alpha value is -3.88. The minimum atomic E-state index is -0.351. The average molecular weight is 427 g/mol. The number of nitriles is 1. The Morgan fingerprint density at radius 3 is 2.74 bits per heavy atom. The molecule has 0 bridgehead atoms. The number of aromatic amines is 1. The van der Waals surface area contributed by atoms with Crippen molar-refractivity contribution >= 4 is 45.2 Å². The van der Waals surface area contributed by atoms with E-state index in [9.17, 15) is 9.65 Å². The number of H-pyrrole nitrogens is 1. The normalized spacial score (nSPS) is 11.8. The largest absolute Gasteiger partial charge is 0.342 e. The van der Waals surface area contributed by atoms with Crippen LogP contribution in [0.2, 0.25) is 5.02 Å². The van der Waals surface area contributed by atoms with Gasteiger partial charge in [-0.05, 0) is 48.0 Å². The second kappa shape index (κ2) is 7.75. The van der Waals surface area contributed by atoms with E-state index in [0.29, 0.717) is 34.0 Å². The molecule has 0 saturated heterocycles. The molecule has 0 atom stereocenters. The van der Waals surface area contributed by atoms with Crippen molar-refractivity contribution in [1.29, 1.82) is 5.26 Å². The molecule has 150 valence electrons. The van der Waals surface area contributed by atoms with Crippen LogP contribution in [0, 0.1) is 17.1 Å². The van der Waals surface area contributed by atoms with Crippen LogP contribution in [0.1, 0.15) is 17.0 Å². The maximum Gasteiger partial charge on any atom is 0.149 e. The fraction of sp³-hybridized carbons (Fsp3) is 0.0400. The highest BCUT2D eigenvalue weighted by Crippen LogP contribution is 2.27. The van der Waals surface area contributed by atoms with Crippen LogP contribution in [0.5, 0.6) is 0 Å². The molecule has 2 aromatic heterocycles. The number of para-hydroxylation sites is 1. The van der Waals surface area contributed by atoms with Crippen LogP contribution in [0.25, 0.3) is 33.6 Å². The molecule has 1 N–H and O–H groups in total. The number of imidazole rings is 1. The summed E-state index contributed by atoms with van der Waals surface area (Å²) >= 11 is 6.01. The lowest BCUT2D eigenvalue weighted by atomic mass is 10.1. The molecular weight excluding hydrogens is 411 g/mol. The van der Waals surface area contributed by atoms with Gasteiger partial charge in [0, 0.05) is 34.2 Å². The number of aromatic nitrogens is 3. The highest BCUT2D eigenvalue weighted by Gasteiger charge is 2.12. The van der Waals surface area contributed by atoms with E-state index in [4.69, 9.17) is 11.6 Å². The fourth-order valence-electron chi connectivity index (χ4n) is 3.73. The molecule has 0 fully saturated rings. The molecular formula is C25H16ClFN4. The molecule has 5 rings (SSSR count). The topological polar surface area (TPSA) is 57.4 Å². The average Bonchev–Trinajstić information content (AvgIpc) is 3.35. The molecule has 0 aliphatic heterocycles. The molecule has 6 heteroatoms. The van der Waals surface area contributed by atoms with Crippen LogP contribution >= 0.6 is 11.6 Å². The molecule has 2 heterocycles. The van der Waals surface area contributed by atoms with E-state index in [1.807, 2.05) is 54.7 Å². The first-order valence-electron chi connectivity index (χ1n) is 9.70. The van der Waals surface area contributed by atoms with Gasteiger partial charge in [0.2, 0.25) is 0 Å². The quantitative estimate of drug-likeness (QED) is 0.337. The lowest BCUT2D eigenvalue weighted by Gasteiger charge is -2.05. The molecule has 0 radical (unpaired) electrons. The number of benzene rings is 3. The summed E-state index contributed by atoms with van der Waals surface area (Å²) in [4.78, 5) is 7.50. The third-order valence-corrected chi connectivity index (χ3v) is 5.46. The number of nitrogens with one attached hydrogen (secondary N) is 1. The minimum absolute atomic E-state index is 0.351. The Labute approximate surface area is 182 Å². The van der Waals surface area contributed by atoms with Crippen LogP contribution in [-0.2, 0) is 6.54 Å². The minimum Gasteiger partial charge on any atom is -0.342 e. The maximum absolute atomic E-state index is 13.5. The summed E-state index contributed by atoms with van der Waals surface area (Å²) in [6.45, 7) is 0.678. The van der Waals surface area contributed by atoms with Gasteiger partial charge in [-0.15, -0.1) is 0 Å². The third-order valence-electron chi connectivity index (χ3n) is 5.20. The number of hydrogen-bond donors (Lipinski definition) is 1. The number of nitrogens with zero attached hydrogens (tertiary/aromatic N) is 3. The molecule has 3 aromatic carbocycles. The van der Waals surface area contributed by atoms with E-state index in [2.05, 4.69) is 26.7 Å². The van der Waals surface area contributed by atoms with Gasteiger partial charge in [-0.1, -0.05) is 41.9 Å².